The molecule has 5 heteroatoms. The molecule has 0 fully saturated rings. The molecular formula is C13H12N4O. The van der Waals surface area contributed by atoms with E-state index in [1.807, 2.05) is 31.4 Å². The van der Waals surface area contributed by atoms with E-state index in [0.29, 0.717) is 5.56 Å². The summed E-state index contributed by atoms with van der Waals surface area (Å²) in [4.78, 5) is 14.6. The lowest BCUT2D eigenvalue weighted by molar-refractivity contribution is 0.100. The Labute approximate surface area is 103 Å². The number of H-pyrrole nitrogens is 1. The normalized spacial score (nSPS) is 10.9. The van der Waals surface area contributed by atoms with Gasteiger partial charge in [-0.3, -0.25) is 9.48 Å². The summed E-state index contributed by atoms with van der Waals surface area (Å²) in [6.07, 6.45) is 3.68. The minimum absolute atomic E-state index is 0.430. The molecule has 3 aromatic rings. The Bertz CT molecular complexity index is 738. The quantitative estimate of drug-likeness (QED) is 0.714. The highest BCUT2D eigenvalue weighted by molar-refractivity contribution is 6.06. The van der Waals surface area contributed by atoms with Crippen LogP contribution < -0.4 is 5.73 Å². The number of aryl methyl sites for hydroxylation is 1. The van der Waals surface area contributed by atoms with Crippen molar-refractivity contribution in [2.75, 3.05) is 0 Å². The van der Waals surface area contributed by atoms with Crippen LogP contribution in [0.15, 0.2) is 36.7 Å². The van der Waals surface area contributed by atoms with Crippen LogP contribution in [0.25, 0.3) is 22.2 Å². The van der Waals surface area contributed by atoms with Crippen molar-refractivity contribution >= 4 is 16.8 Å². The van der Waals surface area contributed by atoms with Crippen molar-refractivity contribution < 1.29 is 4.79 Å². The van der Waals surface area contributed by atoms with Crippen LogP contribution in [0.5, 0.6) is 0 Å². The number of rotatable bonds is 2. The summed E-state index contributed by atoms with van der Waals surface area (Å²) in [6.45, 7) is 0. The summed E-state index contributed by atoms with van der Waals surface area (Å²) in [5.41, 5.74) is 8.53. The number of nitrogens with two attached hydrogens (primary N) is 1. The standard InChI is InChI=1S/C13H12N4O/c1-17-7-9(6-15-17)11-5-8-3-2-4-10(13(14)18)12(8)16-11/h2-7,16H,1H3,(H2,14,18). The molecule has 2 aromatic heterocycles. The SMILES string of the molecule is Cn1cc(-c2cc3cccc(C(N)=O)c3[nH]2)cn1. The van der Waals surface area contributed by atoms with E-state index in [9.17, 15) is 4.79 Å². The second-order valence-electron chi connectivity index (χ2n) is 4.22. The van der Waals surface area contributed by atoms with Crippen LogP contribution in [0.3, 0.4) is 0 Å². The lowest BCUT2D eigenvalue weighted by Crippen LogP contribution is -2.11. The van der Waals surface area contributed by atoms with Gasteiger partial charge < -0.3 is 10.7 Å². The summed E-state index contributed by atoms with van der Waals surface area (Å²) in [7, 11) is 1.86. The van der Waals surface area contributed by atoms with E-state index in [-0.39, 0.29) is 0 Å². The van der Waals surface area contributed by atoms with E-state index >= 15 is 0 Å². The predicted molar refractivity (Wildman–Crippen MR) is 69.0 cm³/mol. The number of aromatic nitrogens is 3. The van der Waals surface area contributed by atoms with E-state index in [1.54, 1.807) is 16.9 Å². The van der Waals surface area contributed by atoms with E-state index in [2.05, 4.69) is 10.1 Å². The molecule has 18 heavy (non-hydrogen) atoms. The van der Waals surface area contributed by atoms with Gasteiger partial charge >= 0.3 is 0 Å². The number of hydrogen-bond donors (Lipinski definition) is 2. The van der Waals surface area contributed by atoms with Crippen molar-refractivity contribution in [3.63, 3.8) is 0 Å². The lowest BCUT2D eigenvalue weighted by atomic mass is 10.1. The average Bonchev–Trinajstić information content (AvgIpc) is 2.93. The summed E-state index contributed by atoms with van der Waals surface area (Å²) >= 11 is 0. The Hall–Kier alpha value is -2.56. The van der Waals surface area contributed by atoms with Crippen LogP contribution in [-0.2, 0) is 7.05 Å². The molecule has 0 saturated heterocycles. The zero-order valence-electron chi connectivity index (χ0n) is 9.84. The molecule has 0 spiro atoms. The van der Waals surface area contributed by atoms with Gasteiger partial charge in [-0.25, -0.2) is 0 Å². The minimum Gasteiger partial charge on any atom is -0.366 e. The number of hydrogen-bond acceptors (Lipinski definition) is 2. The van der Waals surface area contributed by atoms with E-state index in [0.717, 1.165) is 22.2 Å². The van der Waals surface area contributed by atoms with Crippen molar-refractivity contribution in [2.45, 2.75) is 0 Å². The van der Waals surface area contributed by atoms with Crippen LogP contribution in [0.4, 0.5) is 0 Å². The number of fused-ring (bicyclic) bond motifs is 1. The number of amides is 1. The van der Waals surface area contributed by atoms with Gasteiger partial charge in [-0.05, 0) is 12.1 Å². The lowest BCUT2D eigenvalue weighted by Gasteiger charge is -1.96. The summed E-state index contributed by atoms with van der Waals surface area (Å²) in [6, 6.07) is 7.47. The number of benzene rings is 1. The largest absolute Gasteiger partial charge is 0.366 e. The Morgan fingerprint density at radius 3 is 2.94 bits per heavy atom. The fourth-order valence-electron chi connectivity index (χ4n) is 2.08. The molecule has 90 valence electrons. The first-order chi connectivity index (χ1) is 8.65. The van der Waals surface area contributed by atoms with E-state index in [4.69, 9.17) is 5.73 Å². The van der Waals surface area contributed by atoms with Crippen molar-refractivity contribution in [3.05, 3.63) is 42.2 Å². The molecule has 0 bridgehead atoms. The Morgan fingerprint density at radius 2 is 2.28 bits per heavy atom. The highest BCUT2D eigenvalue weighted by atomic mass is 16.1. The fourth-order valence-corrected chi connectivity index (χ4v) is 2.08. The maximum absolute atomic E-state index is 11.4. The summed E-state index contributed by atoms with van der Waals surface area (Å²) < 4.78 is 1.73. The maximum Gasteiger partial charge on any atom is 0.250 e. The van der Waals surface area contributed by atoms with Crippen molar-refractivity contribution in [2.24, 2.45) is 12.8 Å². The van der Waals surface area contributed by atoms with E-state index < -0.39 is 5.91 Å². The molecule has 0 aliphatic rings. The zero-order valence-corrected chi connectivity index (χ0v) is 9.84. The van der Waals surface area contributed by atoms with Crippen LogP contribution in [0.2, 0.25) is 0 Å². The van der Waals surface area contributed by atoms with Crippen LogP contribution in [0, 0.1) is 0 Å². The molecule has 3 rings (SSSR count). The van der Waals surface area contributed by atoms with Crippen LogP contribution in [0.1, 0.15) is 10.4 Å². The monoisotopic (exact) mass is 240 g/mol. The van der Waals surface area contributed by atoms with Gasteiger partial charge in [-0.2, -0.15) is 5.10 Å². The molecular weight excluding hydrogens is 228 g/mol. The molecule has 1 aromatic carbocycles. The number of primary amides is 1. The molecule has 3 N–H and O–H groups in total. The molecule has 5 nitrogen and oxygen atoms in total. The third-order valence-corrected chi connectivity index (χ3v) is 2.94. The molecule has 0 atom stereocenters. The molecule has 2 heterocycles. The van der Waals surface area contributed by atoms with Gasteiger partial charge in [-0.1, -0.05) is 12.1 Å². The van der Waals surface area contributed by atoms with E-state index in [1.165, 1.54) is 0 Å². The van der Waals surface area contributed by atoms with Crippen LogP contribution in [-0.4, -0.2) is 20.7 Å². The smallest absolute Gasteiger partial charge is 0.250 e. The number of nitrogens with one attached hydrogen (secondary N) is 1. The molecule has 0 unspecified atom stereocenters. The van der Waals surface area contributed by atoms with Gasteiger partial charge in [0.25, 0.3) is 5.91 Å². The van der Waals surface area contributed by atoms with Crippen LogP contribution >= 0.6 is 0 Å². The third kappa shape index (κ3) is 1.57. The molecule has 0 aliphatic heterocycles. The van der Waals surface area contributed by atoms with Gasteiger partial charge in [0.2, 0.25) is 0 Å². The van der Waals surface area contributed by atoms with Crippen molar-refractivity contribution in [3.8, 4) is 11.3 Å². The molecule has 1 amide bonds. The number of carbonyl (C=O) groups excluding carboxylic acids is 1. The molecule has 0 aliphatic carbocycles. The van der Waals surface area contributed by atoms with Crippen molar-refractivity contribution in [1.29, 1.82) is 0 Å². The molecule has 0 saturated carbocycles. The van der Waals surface area contributed by atoms with Crippen molar-refractivity contribution in [1.82, 2.24) is 14.8 Å². The number of nitrogens with zero attached hydrogens (tertiary/aromatic N) is 2. The van der Waals surface area contributed by atoms with Gasteiger partial charge in [0.15, 0.2) is 0 Å². The van der Waals surface area contributed by atoms with Gasteiger partial charge in [0.05, 0.1) is 17.3 Å². The zero-order chi connectivity index (χ0) is 12.7. The summed E-state index contributed by atoms with van der Waals surface area (Å²) in [5, 5.41) is 5.09. The Kier molecular flexibility index (Phi) is 2.19. The van der Waals surface area contributed by atoms with Gasteiger partial charge in [0.1, 0.15) is 0 Å². The highest BCUT2D eigenvalue weighted by Gasteiger charge is 2.10. The Morgan fingerprint density at radius 1 is 1.44 bits per heavy atom. The predicted octanol–water partition coefficient (Wildman–Crippen LogP) is 1.67. The fraction of sp³-hybridized carbons (Fsp3) is 0.0769. The topological polar surface area (TPSA) is 76.7 Å². The second-order valence-corrected chi connectivity index (χ2v) is 4.22. The Balaban J connectivity index is 2.22. The van der Waals surface area contributed by atoms with Gasteiger partial charge in [0, 0.05) is 29.9 Å². The number of aromatic amines is 1. The number of para-hydroxylation sites is 1. The second kappa shape index (κ2) is 3.73. The first-order valence-corrected chi connectivity index (χ1v) is 5.56. The maximum atomic E-state index is 11.4. The summed E-state index contributed by atoms with van der Waals surface area (Å²) in [5.74, 6) is -0.430. The first kappa shape index (κ1) is 10.6. The number of carbonyl (C=O) groups is 1. The first-order valence-electron chi connectivity index (χ1n) is 5.56. The van der Waals surface area contributed by atoms with Gasteiger partial charge in [-0.15, -0.1) is 0 Å². The molecule has 0 radical (unpaired) electrons. The average molecular weight is 240 g/mol. The third-order valence-electron chi connectivity index (χ3n) is 2.94. The minimum atomic E-state index is -0.430. The highest BCUT2D eigenvalue weighted by Crippen LogP contribution is 2.25.